The number of nitrogens with two attached hydrogens (primary N) is 2. The van der Waals surface area contributed by atoms with Gasteiger partial charge in [0.25, 0.3) is 0 Å². The van der Waals surface area contributed by atoms with Crippen LogP contribution in [0.25, 0.3) is 0 Å². The molecule has 6 rings (SSSR count). The number of rotatable bonds is 0. The number of fused-ring (bicyclic) bond motifs is 3. The smallest absolute Gasteiger partial charge is 0.170 e. The van der Waals surface area contributed by atoms with E-state index in [2.05, 4.69) is 38.8 Å². The number of aryl methyl sites for hydroxylation is 4. The summed E-state index contributed by atoms with van der Waals surface area (Å²) in [7, 11) is 0. The topological polar surface area (TPSA) is 120 Å². The number of pyridine rings is 1. The molecule has 36 heavy (non-hydrogen) atoms. The number of anilines is 1. The molecule has 0 unspecified atom stereocenters. The molecule has 0 bridgehead atoms. The van der Waals surface area contributed by atoms with E-state index >= 15 is 0 Å². The summed E-state index contributed by atoms with van der Waals surface area (Å²) in [6.45, 7) is 8.22. The number of benzene rings is 2. The largest absolute Gasteiger partial charge is 0.389 e. The third-order valence-corrected chi connectivity index (χ3v) is 5.88. The quantitative estimate of drug-likeness (QED) is 0.423. The van der Waals surface area contributed by atoms with E-state index in [0.717, 1.165) is 40.3 Å². The molecule has 3 aromatic rings. The van der Waals surface area contributed by atoms with Gasteiger partial charge in [0.05, 0.1) is 0 Å². The maximum atomic E-state index is 5.64. The van der Waals surface area contributed by atoms with Gasteiger partial charge < -0.3 is 26.5 Å². The summed E-state index contributed by atoms with van der Waals surface area (Å²) in [5, 5.41) is 10.7. The molecule has 0 radical (unpaired) electrons. The van der Waals surface area contributed by atoms with Crippen molar-refractivity contribution in [2.24, 2.45) is 21.8 Å². The fourth-order valence-corrected chi connectivity index (χ4v) is 4.01. The molecule has 8 nitrogen and oxygen atoms in total. The molecule has 190 valence electrons. The fourth-order valence-electron chi connectivity index (χ4n) is 4.01. The first-order valence-electron chi connectivity index (χ1n) is 11.7. The van der Waals surface area contributed by atoms with Gasteiger partial charge in [-0.05, 0) is 51.3 Å². The van der Waals surface area contributed by atoms with E-state index in [-0.39, 0.29) is 7.43 Å². The molecular weight excluding hydrogens is 452 g/mol. The van der Waals surface area contributed by atoms with Crippen LogP contribution in [0.4, 0.5) is 5.82 Å². The van der Waals surface area contributed by atoms with Crippen molar-refractivity contribution in [1.29, 1.82) is 0 Å². The Labute approximate surface area is 213 Å². The van der Waals surface area contributed by atoms with Crippen LogP contribution in [0, 0.1) is 20.8 Å². The molecule has 0 amide bonds. The monoisotopic (exact) mass is 488 g/mol. The predicted molar refractivity (Wildman–Crippen MR) is 146 cm³/mol. The van der Waals surface area contributed by atoms with Crippen molar-refractivity contribution in [3.63, 3.8) is 0 Å². The molecule has 3 aliphatic rings. The normalized spacial score (nSPS) is 14.4. The lowest BCUT2D eigenvalue weighted by atomic mass is 10.0. The average molecular weight is 489 g/mol. The van der Waals surface area contributed by atoms with Crippen LogP contribution in [0.3, 0.4) is 0 Å². The van der Waals surface area contributed by atoms with E-state index in [1.165, 1.54) is 29.5 Å². The predicted octanol–water partition coefficient (Wildman–Crippen LogP) is 4.68. The molecule has 1 aromatic heterocycles. The zero-order valence-corrected chi connectivity index (χ0v) is 20.5. The third kappa shape index (κ3) is 6.53. The minimum Gasteiger partial charge on any atom is -0.389 e. The molecule has 3 aliphatic heterocycles. The van der Waals surface area contributed by atoms with E-state index in [0.29, 0.717) is 24.9 Å². The number of aromatic nitrogens is 1. The van der Waals surface area contributed by atoms with Crippen LogP contribution >= 0.6 is 0 Å². The molecule has 0 fully saturated rings. The van der Waals surface area contributed by atoms with E-state index in [1.807, 2.05) is 51.1 Å². The van der Waals surface area contributed by atoms with Gasteiger partial charge >= 0.3 is 0 Å². The zero-order chi connectivity index (χ0) is 24.8. The Morgan fingerprint density at radius 2 is 1.39 bits per heavy atom. The van der Waals surface area contributed by atoms with Gasteiger partial charge in [0, 0.05) is 34.5 Å². The molecule has 0 aliphatic carbocycles. The van der Waals surface area contributed by atoms with Crippen LogP contribution in [-0.4, -0.2) is 23.2 Å². The highest BCUT2D eigenvalue weighted by molar-refractivity contribution is 5.99. The summed E-state index contributed by atoms with van der Waals surface area (Å²) >= 11 is 0. The van der Waals surface area contributed by atoms with E-state index < -0.39 is 0 Å². The van der Waals surface area contributed by atoms with Crippen molar-refractivity contribution >= 4 is 17.5 Å². The molecule has 2 aromatic carbocycles. The summed E-state index contributed by atoms with van der Waals surface area (Å²) in [6, 6.07) is 16.4. The second kappa shape index (κ2) is 12.1. The van der Waals surface area contributed by atoms with Crippen molar-refractivity contribution in [2.45, 2.75) is 54.3 Å². The van der Waals surface area contributed by atoms with Gasteiger partial charge in [0.15, 0.2) is 11.7 Å². The second-order valence-electron chi connectivity index (χ2n) is 8.81. The van der Waals surface area contributed by atoms with Crippen molar-refractivity contribution in [3.05, 3.63) is 93.2 Å². The van der Waals surface area contributed by atoms with Crippen molar-refractivity contribution in [3.8, 4) is 0 Å². The van der Waals surface area contributed by atoms with Gasteiger partial charge in [-0.1, -0.05) is 65.3 Å². The highest BCUT2D eigenvalue weighted by atomic mass is 16.6. The molecule has 0 saturated heterocycles. The van der Waals surface area contributed by atoms with Crippen LogP contribution in [0.5, 0.6) is 0 Å². The molecule has 0 spiro atoms. The third-order valence-electron chi connectivity index (χ3n) is 5.88. The number of nitrogens with zero attached hydrogens (tertiary/aromatic N) is 3. The van der Waals surface area contributed by atoms with Crippen molar-refractivity contribution < 1.29 is 9.68 Å². The lowest BCUT2D eigenvalue weighted by Crippen LogP contribution is -2.20. The molecular formula is C28H36N6O2. The lowest BCUT2D eigenvalue weighted by Gasteiger charge is -2.16. The highest BCUT2D eigenvalue weighted by Crippen LogP contribution is 2.19. The first kappa shape index (κ1) is 26.5. The first-order valence-corrected chi connectivity index (χ1v) is 11.7. The Morgan fingerprint density at radius 3 is 2.17 bits per heavy atom. The van der Waals surface area contributed by atoms with Gasteiger partial charge in [-0.15, -0.1) is 0 Å². The molecule has 0 atom stereocenters. The molecule has 8 heteroatoms. The summed E-state index contributed by atoms with van der Waals surface area (Å²) in [6.07, 6.45) is 2.41. The number of oxime groups is 2. The fraction of sp³-hybridized carbons (Fsp3) is 0.321. The Bertz CT molecular complexity index is 1270. The standard InChI is InChI=1S/2C9H10N2O.C9H12N2.CH4/c1-6-2-3-8-7(4-6)5-12-11-9(8)10;1-6-2-3-7-5-12-11-9(10)8(7)4-6;1-7-4-5-8-3-2-6-10-9(8)11-7;/h2*2-4H,5H2,1H3,(H2,10,11);4-5H,2-3,6H2,1H3,(H,10,11);1H4. The summed E-state index contributed by atoms with van der Waals surface area (Å²) in [5.41, 5.74) is 20.3. The second-order valence-corrected chi connectivity index (χ2v) is 8.81. The Hall–Kier alpha value is -4.07. The van der Waals surface area contributed by atoms with Crippen LogP contribution in [0.15, 0.2) is 58.8 Å². The zero-order valence-electron chi connectivity index (χ0n) is 20.5. The van der Waals surface area contributed by atoms with Gasteiger partial charge in [-0.2, -0.15) is 0 Å². The maximum Gasteiger partial charge on any atom is 0.170 e. The van der Waals surface area contributed by atoms with Gasteiger partial charge in [-0.25, -0.2) is 4.98 Å². The van der Waals surface area contributed by atoms with Crippen molar-refractivity contribution in [2.75, 3.05) is 11.9 Å². The van der Waals surface area contributed by atoms with Crippen LogP contribution in [-0.2, 0) is 29.3 Å². The van der Waals surface area contributed by atoms with E-state index in [4.69, 9.17) is 21.1 Å². The molecule has 4 heterocycles. The van der Waals surface area contributed by atoms with Gasteiger partial charge in [0.2, 0.25) is 0 Å². The summed E-state index contributed by atoms with van der Waals surface area (Å²) < 4.78 is 0. The van der Waals surface area contributed by atoms with Gasteiger partial charge in [-0.3, -0.25) is 0 Å². The van der Waals surface area contributed by atoms with Crippen LogP contribution < -0.4 is 16.8 Å². The van der Waals surface area contributed by atoms with Crippen molar-refractivity contribution in [1.82, 2.24) is 4.98 Å². The Morgan fingerprint density at radius 1 is 0.750 bits per heavy atom. The highest BCUT2D eigenvalue weighted by Gasteiger charge is 2.13. The van der Waals surface area contributed by atoms with Crippen LogP contribution in [0.2, 0.25) is 0 Å². The first-order chi connectivity index (χ1) is 16.9. The molecule has 5 N–H and O–H groups in total. The maximum absolute atomic E-state index is 5.64. The SMILES string of the molecule is C.Cc1ccc2c(c1)C(N)=NOC2.Cc1ccc2c(c1)CON=C2N.Cc1ccc2c(n1)NCCC2. The van der Waals surface area contributed by atoms with E-state index in [9.17, 15) is 0 Å². The number of hydrogen-bond donors (Lipinski definition) is 3. The minimum absolute atomic E-state index is 0. The summed E-state index contributed by atoms with van der Waals surface area (Å²) in [4.78, 5) is 14.2. The average Bonchev–Trinajstić information content (AvgIpc) is 2.85. The number of hydrogen-bond acceptors (Lipinski definition) is 8. The summed E-state index contributed by atoms with van der Waals surface area (Å²) in [5.74, 6) is 2.03. The Balaban J connectivity index is 0.000000149. The minimum atomic E-state index is 0. The van der Waals surface area contributed by atoms with Crippen LogP contribution in [0.1, 0.15) is 58.5 Å². The number of nitrogens with one attached hydrogen (secondary N) is 1. The van der Waals surface area contributed by atoms with E-state index in [1.54, 1.807) is 0 Å². The number of amidine groups is 2. The lowest BCUT2D eigenvalue weighted by molar-refractivity contribution is 0.125. The van der Waals surface area contributed by atoms with Gasteiger partial charge in [0.1, 0.15) is 19.0 Å². The Kier molecular flexibility index (Phi) is 8.89. The molecule has 0 saturated carbocycles.